The first-order valence-corrected chi connectivity index (χ1v) is 6.55. The van der Waals surface area contributed by atoms with Crippen LogP contribution in [0.3, 0.4) is 0 Å². The van der Waals surface area contributed by atoms with Crippen LogP contribution in [-0.2, 0) is 14.2 Å². The molecule has 0 aliphatic rings. The highest BCUT2D eigenvalue weighted by Gasteiger charge is 2.35. The number of carbonyl (C=O) groups is 2. The van der Waals surface area contributed by atoms with E-state index in [1.54, 1.807) is 0 Å². The molecule has 12 heteroatoms. The van der Waals surface area contributed by atoms with Gasteiger partial charge >= 0.3 is 7.82 Å². The molecule has 8 N–H and O–H groups in total. The highest BCUT2D eigenvalue weighted by atomic mass is 31.2. The average molecular weight is 320 g/mol. The third-order valence-corrected chi connectivity index (χ3v) is 1.87. The minimum absolute atomic E-state index is 0.848. The Hall–Kier alpha value is -0.750. The molecule has 0 unspecified atom stereocenters. The van der Waals surface area contributed by atoms with Crippen molar-refractivity contribution in [3.8, 4) is 0 Å². The van der Waals surface area contributed by atoms with E-state index in [-0.39, 0.29) is 0 Å². The Balaban J connectivity index is 0. The summed E-state index contributed by atoms with van der Waals surface area (Å²) in [7, 11) is -4.64. The molecule has 0 heterocycles. The van der Waals surface area contributed by atoms with Crippen LogP contribution in [0.25, 0.3) is 0 Å². The molecule has 0 saturated heterocycles. The molecule has 0 aliphatic carbocycles. The minimum atomic E-state index is -4.64. The first-order valence-electron chi connectivity index (χ1n) is 4.99. The molecule has 0 aromatic rings. The van der Waals surface area contributed by atoms with Gasteiger partial charge in [-0.15, -0.1) is 0 Å². The van der Waals surface area contributed by atoms with Crippen molar-refractivity contribution in [1.82, 2.24) is 0 Å². The molecule has 0 saturated carbocycles. The molecule has 0 aromatic carbocycles. The molecule has 0 rings (SSSR count). The zero-order valence-electron chi connectivity index (χ0n) is 10.3. The van der Waals surface area contributed by atoms with Crippen molar-refractivity contribution in [2.75, 3.05) is 6.61 Å². The van der Waals surface area contributed by atoms with Gasteiger partial charge in [0.05, 0.1) is 6.61 Å². The van der Waals surface area contributed by atoms with Crippen LogP contribution in [0, 0.1) is 0 Å². The quantitative estimate of drug-likeness (QED) is 0.173. The Bertz CT molecular complexity index is 355. The van der Waals surface area contributed by atoms with Gasteiger partial charge in [0.15, 0.2) is 5.78 Å². The number of ketones is 2. The summed E-state index contributed by atoms with van der Waals surface area (Å²) in [5.74, 6) is -2.25. The van der Waals surface area contributed by atoms with Crippen LogP contribution in [-0.4, -0.2) is 82.8 Å². The second kappa shape index (κ2) is 9.23. The van der Waals surface area contributed by atoms with Crippen LogP contribution in [0.2, 0.25) is 0 Å². The molecule has 0 aliphatic heterocycles. The van der Waals surface area contributed by atoms with E-state index in [2.05, 4.69) is 0 Å². The number of aliphatic hydroxyl groups excluding tert-OH is 5. The Morgan fingerprint density at radius 2 is 1.35 bits per heavy atom. The molecule has 20 heavy (non-hydrogen) atoms. The summed E-state index contributed by atoms with van der Waals surface area (Å²) < 4.78 is 8.88. The minimum Gasteiger partial charge on any atom is -0.394 e. The molecule has 11 nitrogen and oxygen atoms in total. The molecular weight excluding hydrogens is 303 g/mol. The summed E-state index contributed by atoms with van der Waals surface area (Å²) >= 11 is 0. The van der Waals surface area contributed by atoms with Crippen LogP contribution in [0.15, 0.2) is 0 Å². The second-order valence-corrected chi connectivity index (χ2v) is 4.64. The average Bonchev–Trinajstić information content (AvgIpc) is 2.31. The number of hydrogen-bond donors (Lipinski definition) is 8. The lowest BCUT2D eigenvalue weighted by Crippen LogP contribution is -2.49. The molecular formula is C8H17O11P. The SMILES string of the molecule is CC(=O)C(=O)[C@H](O)[C@@H](O)[C@H](O)[C@H](O)CO.O=P(O)(O)O. The van der Waals surface area contributed by atoms with Crippen LogP contribution < -0.4 is 0 Å². The maximum absolute atomic E-state index is 10.9. The molecule has 0 radical (unpaired) electrons. The summed E-state index contributed by atoms with van der Waals surface area (Å²) in [6, 6.07) is 0. The van der Waals surface area contributed by atoms with E-state index >= 15 is 0 Å². The molecule has 0 aromatic heterocycles. The predicted octanol–water partition coefficient (Wildman–Crippen LogP) is -4.35. The summed E-state index contributed by atoms with van der Waals surface area (Å²) in [6.07, 6.45) is -7.75. The lowest BCUT2D eigenvalue weighted by molar-refractivity contribution is -0.153. The Labute approximate surface area is 113 Å². The number of Topliss-reactive ketones (excluding diaryl/α,β-unsaturated/α-hetero) is 2. The molecule has 120 valence electrons. The zero-order valence-corrected chi connectivity index (χ0v) is 11.2. The normalized spacial score (nSPS) is 17.2. The van der Waals surface area contributed by atoms with Gasteiger partial charge < -0.3 is 40.2 Å². The van der Waals surface area contributed by atoms with E-state index in [0.29, 0.717) is 0 Å². The van der Waals surface area contributed by atoms with Gasteiger partial charge in [0.2, 0.25) is 5.78 Å². The molecule has 4 atom stereocenters. The monoisotopic (exact) mass is 320 g/mol. The molecule has 0 amide bonds. The van der Waals surface area contributed by atoms with Crippen molar-refractivity contribution in [2.45, 2.75) is 31.3 Å². The van der Waals surface area contributed by atoms with Gasteiger partial charge in [0, 0.05) is 6.92 Å². The number of rotatable bonds is 6. The molecule has 0 fully saturated rings. The van der Waals surface area contributed by atoms with Gasteiger partial charge in [-0.3, -0.25) is 9.59 Å². The summed E-state index contributed by atoms with van der Waals surface area (Å²) in [5.41, 5.74) is 0. The third-order valence-electron chi connectivity index (χ3n) is 1.87. The highest BCUT2D eigenvalue weighted by molar-refractivity contribution is 7.45. The molecule has 0 spiro atoms. The number of phosphoric acid groups is 1. The summed E-state index contributed by atoms with van der Waals surface area (Å²) in [5, 5.41) is 44.7. The highest BCUT2D eigenvalue weighted by Crippen LogP contribution is 2.25. The molecule has 0 bridgehead atoms. The Morgan fingerprint density at radius 3 is 1.60 bits per heavy atom. The van der Waals surface area contributed by atoms with Gasteiger partial charge in [0.25, 0.3) is 0 Å². The van der Waals surface area contributed by atoms with E-state index in [9.17, 15) is 9.59 Å². The Kier molecular flexibility index (Phi) is 9.95. The van der Waals surface area contributed by atoms with Gasteiger partial charge in [-0.2, -0.15) is 0 Å². The number of aliphatic hydroxyl groups is 5. The van der Waals surface area contributed by atoms with Crippen LogP contribution in [0.5, 0.6) is 0 Å². The second-order valence-electron chi connectivity index (χ2n) is 3.61. The maximum atomic E-state index is 10.9. The topological polar surface area (TPSA) is 213 Å². The van der Waals surface area contributed by atoms with Crippen molar-refractivity contribution >= 4 is 19.4 Å². The van der Waals surface area contributed by atoms with E-state index in [0.717, 1.165) is 6.92 Å². The van der Waals surface area contributed by atoms with Gasteiger partial charge in [-0.1, -0.05) is 0 Å². The van der Waals surface area contributed by atoms with E-state index < -0.39 is 50.4 Å². The summed E-state index contributed by atoms with van der Waals surface area (Å²) in [6.45, 7) is 0.0480. The zero-order chi connectivity index (χ0) is 16.7. The lowest BCUT2D eigenvalue weighted by Gasteiger charge is -2.24. The largest absolute Gasteiger partial charge is 0.466 e. The van der Waals surface area contributed by atoms with Crippen molar-refractivity contribution in [3.63, 3.8) is 0 Å². The fourth-order valence-corrected chi connectivity index (χ4v) is 0.886. The third kappa shape index (κ3) is 10.1. The fraction of sp³-hybridized carbons (Fsp3) is 0.750. The standard InChI is InChI=1S/C8H14O7.H3O4P/c1-3(10)5(12)7(14)8(15)6(13)4(11)2-9;1-5(2,3)4/h4,6-9,11,13-15H,2H2,1H3;(H3,1,2,3,4)/t4-,6-,7+,8+;/m1./s1. The maximum Gasteiger partial charge on any atom is 0.466 e. The van der Waals surface area contributed by atoms with Crippen LogP contribution in [0.4, 0.5) is 0 Å². The van der Waals surface area contributed by atoms with Crippen molar-refractivity contribution in [2.24, 2.45) is 0 Å². The van der Waals surface area contributed by atoms with E-state index in [1.165, 1.54) is 0 Å². The first-order chi connectivity index (χ1) is 8.82. The first kappa shape index (κ1) is 21.5. The fourth-order valence-electron chi connectivity index (χ4n) is 0.886. The van der Waals surface area contributed by atoms with Crippen molar-refractivity contribution in [1.29, 1.82) is 0 Å². The van der Waals surface area contributed by atoms with Crippen molar-refractivity contribution < 1.29 is 54.4 Å². The van der Waals surface area contributed by atoms with Crippen molar-refractivity contribution in [3.05, 3.63) is 0 Å². The van der Waals surface area contributed by atoms with Crippen LogP contribution in [0.1, 0.15) is 6.92 Å². The van der Waals surface area contributed by atoms with Gasteiger partial charge in [-0.05, 0) is 0 Å². The van der Waals surface area contributed by atoms with Crippen LogP contribution >= 0.6 is 7.82 Å². The Morgan fingerprint density at radius 1 is 1.00 bits per heavy atom. The van der Waals surface area contributed by atoms with E-state index in [4.69, 9.17) is 44.8 Å². The van der Waals surface area contributed by atoms with Gasteiger partial charge in [0.1, 0.15) is 24.4 Å². The van der Waals surface area contributed by atoms with Gasteiger partial charge in [-0.25, -0.2) is 4.57 Å². The summed E-state index contributed by atoms with van der Waals surface area (Å²) in [4.78, 5) is 43.0. The number of hydrogen-bond acceptors (Lipinski definition) is 8. The lowest BCUT2D eigenvalue weighted by atomic mass is 9.99. The predicted molar refractivity (Wildman–Crippen MR) is 61.1 cm³/mol. The van der Waals surface area contributed by atoms with E-state index in [1.807, 2.05) is 0 Å². The number of carbonyl (C=O) groups excluding carboxylic acids is 2. The smallest absolute Gasteiger partial charge is 0.394 e.